The van der Waals surface area contributed by atoms with E-state index < -0.39 is 0 Å². The van der Waals surface area contributed by atoms with Crippen molar-refractivity contribution in [2.45, 2.75) is 75.3 Å². The number of rotatable bonds is 7. The molecule has 5 heteroatoms. The summed E-state index contributed by atoms with van der Waals surface area (Å²) in [6, 6.07) is 7.74. The first-order valence-corrected chi connectivity index (χ1v) is 11.8. The Morgan fingerprint density at radius 2 is 1.71 bits per heavy atom. The van der Waals surface area contributed by atoms with E-state index in [-0.39, 0.29) is 23.4 Å². The number of nitrogens with one attached hydrogen (secondary N) is 2. The fourth-order valence-corrected chi connectivity index (χ4v) is 6.77. The van der Waals surface area contributed by atoms with Gasteiger partial charge in [-0.2, -0.15) is 0 Å². The molecule has 1 unspecified atom stereocenters. The summed E-state index contributed by atoms with van der Waals surface area (Å²) < 4.78 is 0. The highest BCUT2D eigenvalue weighted by Crippen LogP contribution is 2.55. The van der Waals surface area contributed by atoms with Gasteiger partial charge in [-0.05, 0) is 81.8 Å². The topological polar surface area (TPSA) is 58.2 Å². The minimum absolute atomic E-state index is 0.0554. The summed E-state index contributed by atoms with van der Waals surface area (Å²) in [6.45, 7) is 4.06. The maximum atomic E-state index is 12.8. The van der Waals surface area contributed by atoms with E-state index in [0.29, 0.717) is 11.3 Å². The van der Waals surface area contributed by atoms with Crippen molar-refractivity contribution in [3.05, 3.63) is 29.8 Å². The first kappa shape index (κ1) is 19.8. The average Bonchev–Trinajstić information content (AvgIpc) is 2.65. The third-order valence-corrected chi connectivity index (χ3v) is 8.00. The lowest BCUT2D eigenvalue weighted by Gasteiger charge is -2.56. The molecule has 152 valence electrons. The third kappa shape index (κ3) is 4.24. The Balaban J connectivity index is 1.36. The summed E-state index contributed by atoms with van der Waals surface area (Å²) in [4.78, 5) is 26.2. The molecule has 4 aliphatic rings. The average molecular weight is 401 g/mol. The van der Waals surface area contributed by atoms with Crippen LogP contribution in [-0.4, -0.2) is 29.1 Å². The molecule has 0 radical (unpaired) electrons. The molecule has 1 aromatic rings. The van der Waals surface area contributed by atoms with E-state index in [1.807, 2.05) is 31.2 Å². The van der Waals surface area contributed by atoms with Crippen molar-refractivity contribution in [3.8, 4) is 0 Å². The Morgan fingerprint density at radius 1 is 1.11 bits per heavy atom. The van der Waals surface area contributed by atoms with Crippen molar-refractivity contribution in [3.63, 3.8) is 0 Å². The molecule has 28 heavy (non-hydrogen) atoms. The van der Waals surface area contributed by atoms with Crippen molar-refractivity contribution in [1.82, 2.24) is 10.6 Å². The van der Waals surface area contributed by atoms with Crippen LogP contribution in [0.1, 0.15) is 69.2 Å². The summed E-state index contributed by atoms with van der Waals surface area (Å²) in [5.41, 5.74) is 0.718. The van der Waals surface area contributed by atoms with Crippen LogP contribution >= 0.6 is 11.8 Å². The molecule has 2 amide bonds. The van der Waals surface area contributed by atoms with Crippen LogP contribution in [0.2, 0.25) is 0 Å². The van der Waals surface area contributed by atoms with Crippen LogP contribution < -0.4 is 10.6 Å². The van der Waals surface area contributed by atoms with E-state index in [2.05, 4.69) is 17.6 Å². The van der Waals surface area contributed by atoms with Crippen LogP contribution in [0.25, 0.3) is 0 Å². The Kier molecular flexibility index (Phi) is 5.73. The smallest absolute Gasteiger partial charge is 0.252 e. The minimum Gasteiger partial charge on any atom is -0.350 e. The first-order chi connectivity index (χ1) is 13.5. The Labute approximate surface area is 172 Å². The Bertz CT molecular complexity index is 713. The molecule has 0 aliphatic heterocycles. The number of amides is 2. The number of benzene rings is 1. The molecule has 4 saturated carbocycles. The lowest BCUT2D eigenvalue weighted by Crippen LogP contribution is -2.60. The summed E-state index contributed by atoms with van der Waals surface area (Å²) >= 11 is 1.47. The van der Waals surface area contributed by atoms with Gasteiger partial charge in [0.1, 0.15) is 0 Å². The molecule has 2 N–H and O–H groups in total. The van der Waals surface area contributed by atoms with Crippen LogP contribution in [0.4, 0.5) is 0 Å². The van der Waals surface area contributed by atoms with Crippen molar-refractivity contribution in [1.29, 1.82) is 0 Å². The molecule has 4 bridgehead atoms. The summed E-state index contributed by atoms with van der Waals surface area (Å²) in [7, 11) is 0. The lowest BCUT2D eigenvalue weighted by molar-refractivity contribution is -0.124. The second-order valence-corrected chi connectivity index (χ2v) is 10.3. The molecule has 0 aromatic heterocycles. The van der Waals surface area contributed by atoms with E-state index in [4.69, 9.17) is 0 Å². The predicted octanol–water partition coefficient (Wildman–Crippen LogP) is 4.39. The van der Waals surface area contributed by atoms with Gasteiger partial charge in [-0.25, -0.2) is 0 Å². The highest BCUT2D eigenvalue weighted by molar-refractivity contribution is 8.00. The predicted molar refractivity (Wildman–Crippen MR) is 113 cm³/mol. The fraction of sp³-hybridized carbons (Fsp3) is 0.652. The quantitative estimate of drug-likeness (QED) is 0.667. The van der Waals surface area contributed by atoms with Gasteiger partial charge in [-0.15, -0.1) is 11.8 Å². The second kappa shape index (κ2) is 8.10. The highest BCUT2D eigenvalue weighted by Gasteiger charge is 2.51. The van der Waals surface area contributed by atoms with Crippen molar-refractivity contribution in [2.24, 2.45) is 17.8 Å². The molecule has 1 atom stereocenters. The summed E-state index contributed by atoms with van der Waals surface area (Å²) in [5.74, 6) is 2.90. The minimum atomic E-state index is -0.0565. The van der Waals surface area contributed by atoms with Gasteiger partial charge in [0.15, 0.2) is 0 Å². The number of thioether (sulfide) groups is 1. The molecular weight excluding hydrogens is 368 g/mol. The molecule has 4 fully saturated rings. The maximum Gasteiger partial charge on any atom is 0.252 e. The summed E-state index contributed by atoms with van der Waals surface area (Å²) in [6.07, 6.45) is 8.54. The van der Waals surface area contributed by atoms with Crippen molar-refractivity contribution >= 4 is 23.6 Å². The van der Waals surface area contributed by atoms with Gasteiger partial charge >= 0.3 is 0 Å². The zero-order chi connectivity index (χ0) is 19.7. The first-order valence-electron chi connectivity index (χ1n) is 10.8. The molecule has 1 aromatic carbocycles. The van der Waals surface area contributed by atoms with E-state index in [9.17, 15) is 9.59 Å². The second-order valence-electron chi connectivity index (χ2n) is 9.31. The largest absolute Gasteiger partial charge is 0.350 e. The maximum absolute atomic E-state index is 12.8. The van der Waals surface area contributed by atoms with E-state index in [1.165, 1.54) is 50.3 Å². The van der Waals surface area contributed by atoms with Gasteiger partial charge in [0, 0.05) is 16.5 Å². The van der Waals surface area contributed by atoms with Crippen molar-refractivity contribution in [2.75, 3.05) is 5.75 Å². The Morgan fingerprint density at radius 3 is 2.32 bits per heavy atom. The summed E-state index contributed by atoms with van der Waals surface area (Å²) in [5, 5.41) is 6.45. The number of hydrogen-bond acceptors (Lipinski definition) is 3. The molecule has 5 rings (SSSR count). The van der Waals surface area contributed by atoms with Crippen molar-refractivity contribution < 1.29 is 9.59 Å². The van der Waals surface area contributed by atoms with E-state index >= 15 is 0 Å². The number of carbonyl (C=O) groups is 2. The third-order valence-electron chi connectivity index (χ3n) is 6.92. The molecule has 0 spiro atoms. The SMILES string of the molecule is CCC(C)NC(=O)c1ccccc1SCC(=O)NC12CC3CC(CC(C3)C1)C2. The molecule has 4 aliphatic carbocycles. The van der Waals surface area contributed by atoms with Gasteiger partial charge in [0.2, 0.25) is 5.91 Å². The zero-order valence-electron chi connectivity index (χ0n) is 17.0. The van der Waals surface area contributed by atoms with Gasteiger partial charge in [0.25, 0.3) is 5.91 Å². The van der Waals surface area contributed by atoms with E-state index in [0.717, 1.165) is 29.1 Å². The Hall–Kier alpha value is -1.49. The monoisotopic (exact) mass is 400 g/mol. The van der Waals surface area contributed by atoms with Gasteiger partial charge in [-0.3, -0.25) is 9.59 Å². The fourth-order valence-electron chi connectivity index (χ4n) is 5.92. The van der Waals surface area contributed by atoms with Crippen LogP contribution in [0, 0.1) is 17.8 Å². The van der Waals surface area contributed by atoms with Gasteiger partial charge < -0.3 is 10.6 Å². The highest BCUT2D eigenvalue weighted by atomic mass is 32.2. The molecule has 4 nitrogen and oxygen atoms in total. The normalized spacial score (nSPS) is 31.4. The number of hydrogen-bond donors (Lipinski definition) is 2. The van der Waals surface area contributed by atoms with Crippen LogP contribution in [0.3, 0.4) is 0 Å². The molecular formula is C23H32N2O2S. The standard InChI is InChI=1S/C23H32N2O2S/c1-3-15(2)24-22(27)19-6-4-5-7-20(19)28-14-21(26)25-23-11-16-8-17(12-23)10-18(9-16)13-23/h4-7,15-18H,3,8-14H2,1-2H3,(H,24,27)(H,25,26). The lowest BCUT2D eigenvalue weighted by atomic mass is 9.53. The molecule has 0 heterocycles. The van der Waals surface area contributed by atoms with Crippen LogP contribution in [-0.2, 0) is 4.79 Å². The van der Waals surface area contributed by atoms with Gasteiger partial charge in [0.05, 0.1) is 11.3 Å². The van der Waals surface area contributed by atoms with Crippen LogP contribution in [0.15, 0.2) is 29.2 Å². The van der Waals surface area contributed by atoms with E-state index in [1.54, 1.807) is 0 Å². The number of carbonyl (C=O) groups excluding carboxylic acids is 2. The van der Waals surface area contributed by atoms with Crippen LogP contribution in [0.5, 0.6) is 0 Å². The molecule has 0 saturated heterocycles. The zero-order valence-corrected chi connectivity index (χ0v) is 17.8. The van der Waals surface area contributed by atoms with Gasteiger partial charge in [-0.1, -0.05) is 19.1 Å².